The van der Waals surface area contributed by atoms with Gasteiger partial charge in [0.05, 0.1) is 23.0 Å². The largest absolute Gasteiger partial charge is 0.331 e. The van der Waals surface area contributed by atoms with Crippen LogP contribution in [0.25, 0.3) is 22.0 Å². The van der Waals surface area contributed by atoms with Crippen LogP contribution >= 0.6 is 0 Å². The number of nitrogens with two attached hydrogens (primary N) is 1. The van der Waals surface area contributed by atoms with Crippen molar-refractivity contribution in [1.82, 2.24) is 19.7 Å². The highest BCUT2D eigenvalue weighted by molar-refractivity contribution is 5.87. The molecule has 6 nitrogen and oxygen atoms in total. The number of aromatic amines is 1. The Morgan fingerprint density at radius 3 is 2.80 bits per heavy atom. The lowest BCUT2D eigenvalue weighted by Crippen LogP contribution is -2.13. The van der Waals surface area contributed by atoms with Gasteiger partial charge in [-0.05, 0) is 19.1 Å². The fraction of sp³-hybridized carbons (Fsp3) is 0.214. The SMILES string of the molecule is Cc1ncc(-c2ccc3c(=O)[nH]nc(CN)c3c2)n1C. The van der Waals surface area contributed by atoms with Gasteiger partial charge < -0.3 is 10.3 Å². The maximum atomic E-state index is 11.8. The van der Waals surface area contributed by atoms with Crippen LogP contribution in [0.2, 0.25) is 0 Å². The summed E-state index contributed by atoms with van der Waals surface area (Å²) in [5, 5.41) is 7.85. The van der Waals surface area contributed by atoms with Crippen LogP contribution in [0.15, 0.2) is 29.2 Å². The molecule has 2 heterocycles. The summed E-state index contributed by atoms with van der Waals surface area (Å²) in [5.41, 5.74) is 8.15. The third-order valence-corrected chi connectivity index (χ3v) is 3.58. The van der Waals surface area contributed by atoms with E-state index in [9.17, 15) is 4.79 Å². The highest BCUT2D eigenvalue weighted by Gasteiger charge is 2.10. The molecule has 6 heteroatoms. The van der Waals surface area contributed by atoms with E-state index >= 15 is 0 Å². The molecule has 0 spiro atoms. The minimum Gasteiger partial charge on any atom is -0.331 e. The third kappa shape index (κ3) is 1.81. The van der Waals surface area contributed by atoms with Crippen molar-refractivity contribution in [2.45, 2.75) is 13.5 Å². The van der Waals surface area contributed by atoms with Gasteiger partial charge in [-0.3, -0.25) is 4.79 Å². The molecule has 0 radical (unpaired) electrons. The molecule has 3 N–H and O–H groups in total. The molecule has 3 rings (SSSR count). The third-order valence-electron chi connectivity index (χ3n) is 3.58. The summed E-state index contributed by atoms with van der Waals surface area (Å²) in [6, 6.07) is 5.65. The number of aryl methyl sites for hydroxylation is 1. The fourth-order valence-electron chi connectivity index (χ4n) is 2.30. The molecule has 20 heavy (non-hydrogen) atoms. The van der Waals surface area contributed by atoms with Gasteiger partial charge in [-0.2, -0.15) is 5.10 Å². The number of nitrogens with zero attached hydrogens (tertiary/aromatic N) is 3. The minimum atomic E-state index is -0.204. The van der Waals surface area contributed by atoms with Crippen molar-refractivity contribution in [3.63, 3.8) is 0 Å². The van der Waals surface area contributed by atoms with E-state index in [1.54, 1.807) is 6.07 Å². The standard InChI is InChI=1S/C14H15N5O/c1-8-16-7-13(19(8)2)9-3-4-10-11(5-9)12(6-15)17-18-14(10)20/h3-5,7H,6,15H2,1-2H3,(H,18,20). The minimum absolute atomic E-state index is 0.204. The Bertz CT molecular complexity index is 846. The van der Waals surface area contributed by atoms with Crippen molar-refractivity contribution >= 4 is 10.8 Å². The summed E-state index contributed by atoms with van der Waals surface area (Å²) in [6.45, 7) is 2.23. The first-order valence-corrected chi connectivity index (χ1v) is 6.32. The molecule has 0 unspecified atom stereocenters. The molecule has 0 aliphatic heterocycles. The van der Waals surface area contributed by atoms with Gasteiger partial charge in [0.2, 0.25) is 0 Å². The van der Waals surface area contributed by atoms with Gasteiger partial charge in [0.15, 0.2) is 0 Å². The molecule has 0 saturated heterocycles. The van der Waals surface area contributed by atoms with Crippen molar-refractivity contribution in [2.24, 2.45) is 12.8 Å². The number of nitrogens with one attached hydrogen (secondary N) is 1. The number of hydrogen-bond donors (Lipinski definition) is 2. The second-order valence-electron chi connectivity index (χ2n) is 4.71. The zero-order valence-corrected chi connectivity index (χ0v) is 11.3. The molecule has 0 aliphatic rings. The van der Waals surface area contributed by atoms with Gasteiger partial charge in [0.1, 0.15) is 5.82 Å². The summed E-state index contributed by atoms with van der Waals surface area (Å²) >= 11 is 0. The van der Waals surface area contributed by atoms with Crippen molar-refractivity contribution < 1.29 is 0 Å². The predicted octanol–water partition coefficient (Wildman–Crippen LogP) is 1.09. The van der Waals surface area contributed by atoms with Crippen molar-refractivity contribution in [1.29, 1.82) is 0 Å². The fourth-order valence-corrected chi connectivity index (χ4v) is 2.30. The van der Waals surface area contributed by atoms with E-state index in [0.717, 1.165) is 22.5 Å². The quantitative estimate of drug-likeness (QED) is 0.728. The van der Waals surface area contributed by atoms with Gasteiger partial charge in [-0.15, -0.1) is 0 Å². The normalized spacial score (nSPS) is 11.2. The smallest absolute Gasteiger partial charge is 0.272 e. The van der Waals surface area contributed by atoms with E-state index in [4.69, 9.17) is 5.73 Å². The average Bonchev–Trinajstić information content (AvgIpc) is 2.79. The first-order valence-electron chi connectivity index (χ1n) is 6.32. The van der Waals surface area contributed by atoms with Gasteiger partial charge in [-0.1, -0.05) is 6.07 Å². The van der Waals surface area contributed by atoms with Crippen LogP contribution in [0.5, 0.6) is 0 Å². The van der Waals surface area contributed by atoms with Crippen molar-refractivity contribution in [3.8, 4) is 11.3 Å². The molecule has 0 amide bonds. The van der Waals surface area contributed by atoms with E-state index in [2.05, 4.69) is 15.2 Å². The Labute approximate surface area is 115 Å². The maximum absolute atomic E-state index is 11.8. The van der Waals surface area contributed by atoms with Crippen LogP contribution in [-0.2, 0) is 13.6 Å². The zero-order valence-electron chi connectivity index (χ0n) is 11.3. The molecule has 0 bridgehead atoms. The highest BCUT2D eigenvalue weighted by atomic mass is 16.1. The van der Waals surface area contributed by atoms with Crippen LogP contribution in [0.3, 0.4) is 0 Å². The van der Waals surface area contributed by atoms with Gasteiger partial charge in [-0.25, -0.2) is 10.1 Å². The number of aromatic nitrogens is 4. The van der Waals surface area contributed by atoms with Crippen LogP contribution in [-0.4, -0.2) is 19.7 Å². The second-order valence-corrected chi connectivity index (χ2v) is 4.71. The Morgan fingerprint density at radius 2 is 2.15 bits per heavy atom. The molecule has 0 saturated carbocycles. The van der Waals surface area contributed by atoms with Crippen LogP contribution in [0, 0.1) is 6.92 Å². The number of H-pyrrole nitrogens is 1. The number of rotatable bonds is 2. The molecule has 0 aliphatic carbocycles. The number of benzene rings is 1. The van der Waals surface area contributed by atoms with Gasteiger partial charge >= 0.3 is 0 Å². The number of hydrogen-bond acceptors (Lipinski definition) is 4. The Balaban J connectivity index is 2.30. The van der Waals surface area contributed by atoms with E-state index in [1.807, 2.05) is 36.9 Å². The Morgan fingerprint density at radius 1 is 1.35 bits per heavy atom. The molecule has 1 aromatic carbocycles. The van der Waals surface area contributed by atoms with E-state index in [0.29, 0.717) is 11.1 Å². The van der Waals surface area contributed by atoms with E-state index < -0.39 is 0 Å². The summed E-state index contributed by atoms with van der Waals surface area (Å²) < 4.78 is 2.00. The molecule has 0 fully saturated rings. The molecule has 3 aromatic rings. The lowest BCUT2D eigenvalue weighted by atomic mass is 10.1. The number of fused-ring (bicyclic) bond motifs is 1. The summed E-state index contributed by atoms with van der Waals surface area (Å²) in [5.74, 6) is 0.933. The maximum Gasteiger partial charge on any atom is 0.272 e. The number of imidazole rings is 1. The lowest BCUT2D eigenvalue weighted by Gasteiger charge is -2.07. The lowest BCUT2D eigenvalue weighted by molar-refractivity contribution is 0.865. The second kappa shape index (κ2) is 4.57. The van der Waals surface area contributed by atoms with E-state index in [-0.39, 0.29) is 12.1 Å². The highest BCUT2D eigenvalue weighted by Crippen LogP contribution is 2.24. The first-order chi connectivity index (χ1) is 9.61. The molecular formula is C14H15N5O. The van der Waals surface area contributed by atoms with Crippen LogP contribution in [0.1, 0.15) is 11.5 Å². The molecule has 102 valence electrons. The topological polar surface area (TPSA) is 89.6 Å². The van der Waals surface area contributed by atoms with Crippen molar-refractivity contribution in [3.05, 3.63) is 46.3 Å². The summed E-state index contributed by atoms with van der Waals surface area (Å²) in [7, 11) is 1.96. The van der Waals surface area contributed by atoms with Crippen LogP contribution in [0.4, 0.5) is 0 Å². The van der Waals surface area contributed by atoms with Gasteiger partial charge in [0, 0.05) is 24.5 Å². The Kier molecular flexibility index (Phi) is 2.87. The summed E-state index contributed by atoms with van der Waals surface area (Å²) in [4.78, 5) is 16.1. The predicted molar refractivity (Wildman–Crippen MR) is 77.2 cm³/mol. The molecular weight excluding hydrogens is 254 g/mol. The molecule has 0 atom stereocenters. The van der Waals surface area contributed by atoms with Crippen LogP contribution < -0.4 is 11.3 Å². The Hall–Kier alpha value is -2.47. The monoisotopic (exact) mass is 269 g/mol. The van der Waals surface area contributed by atoms with Crippen molar-refractivity contribution in [2.75, 3.05) is 0 Å². The summed E-state index contributed by atoms with van der Waals surface area (Å²) in [6.07, 6.45) is 1.82. The average molecular weight is 269 g/mol. The first kappa shape index (κ1) is 12.6. The zero-order chi connectivity index (χ0) is 14.3. The molecule has 2 aromatic heterocycles. The van der Waals surface area contributed by atoms with E-state index in [1.165, 1.54) is 0 Å². The van der Waals surface area contributed by atoms with Gasteiger partial charge in [0.25, 0.3) is 5.56 Å².